The molecular formula is C19H19N7O2S. The van der Waals surface area contributed by atoms with Crippen molar-refractivity contribution in [2.24, 2.45) is 0 Å². The molecule has 3 aromatic rings. The van der Waals surface area contributed by atoms with Gasteiger partial charge in [-0.3, -0.25) is 4.68 Å². The predicted octanol–water partition coefficient (Wildman–Crippen LogP) is 1.96. The Balaban J connectivity index is 1.74. The second-order valence-corrected chi connectivity index (χ2v) is 9.98. The van der Waals surface area contributed by atoms with Crippen molar-refractivity contribution in [3.05, 3.63) is 36.4 Å². The van der Waals surface area contributed by atoms with E-state index in [1.807, 2.05) is 6.07 Å². The molecule has 29 heavy (non-hydrogen) atoms. The molecule has 3 aromatic heterocycles. The maximum atomic E-state index is 12.4. The summed E-state index contributed by atoms with van der Waals surface area (Å²) in [6, 6.07) is 6.17. The summed E-state index contributed by atoms with van der Waals surface area (Å²) in [6.07, 6.45) is 6.82. The Morgan fingerprint density at radius 2 is 2.07 bits per heavy atom. The van der Waals surface area contributed by atoms with Crippen molar-refractivity contribution in [1.82, 2.24) is 24.1 Å². The monoisotopic (exact) mass is 409 g/mol. The third-order valence-corrected chi connectivity index (χ3v) is 7.54. The number of hydrogen-bond acceptors (Lipinski definition) is 6. The van der Waals surface area contributed by atoms with Crippen LogP contribution in [-0.4, -0.2) is 50.8 Å². The first kappa shape index (κ1) is 19.1. The van der Waals surface area contributed by atoms with Crippen LogP contribution in [0.4, 0.5) is 0 Å². The molecule has 4 rings (SSSR count). The summed E-state index contributed by atoms with van der Waals surface area (Å²) in [4.78, 5) is 7.27. The predicted molar refractivity (Wildman–Crippen MR) is 106 cm³/mol. The molecule has 0 spiro atoms. The lowest BCUT2D eigenvalue weighted by molar-refractivity contribution is 0.0711. The Bertz CT molecular complexity index is 1270. The molecule has 1 aliphatic heterocycles. The van der Waals surface area contributed by atoms with E-state index in [0.717, 1.165) is 10.9 Å². The third-order valence-electron chi connectivity index (χ3n) is 5.37. The Hall–Kier alpha value is -3.21. The molecule has 148 valence electrons. The summed E-state index contributed by atoms with van der Waals surface area (Å²) in [5.74, 6) is 0. The number of nitrogens with one attached hydrogen (secondary N) is 1. The van der Waals surface area contributed by atoms with E-state index in [9.17, 15) is 18.9 Å². The van der Waals surface area contributed by atoms with E-state index >= 15 is 0 Å². The average Bonchev–Trinajstić information content (AvgIpc) is 3.32. The van der Waals surface area contributed by atoms with Gasteiger partial charge in [0, 0.05) is 48.2 Å². The van der Waals surface area contributed by atoms with Crippen LogP contribution >= 0.6 is 0 Å². The van der Waals surface area contributed by atoms with Gasteiger partial charge in [0.15, 0.2) is 0 Å². The minimum Gasteiger partial charge on any atom is -0.346 e. The molecule has 0 atom stereocenters. The maximum absolute atomic E-state index is 12.4. The fourth-order valence-corrected chi connectivity index (χ4v) is 5.12. The van der Waals surface area contributed by atoms with Crippen molar-refractivity contribution in [3.63, 3.8) is 0 Å². The number of aromatic amines is 1. The molecule has 0 amide bonds. The van der Waals surface area contributed by atoms with Crippen molar-refractivity contribution in [2.45, 2.75) is 31.1 Å². The molecule has 1 fully saturated rings. The second kappa shape index (κ2) is 6.69. The van der Waals surface area contributed by atoms with E-state index in [2.05, 4.69) is 27.2 Å². The smallest absolute Gasteiger partial charge is 0.216 e. The number of sulfonamides is 1. The van der Waals surface area contributed by atoms with E-state index in [-0.39, 0.29) is 19.5 Å². The first-order valence-corrected chi connectivity index (χ1v) is 10.6. The first-order valence-electron chi connectivity index (χ1n) is 9.10. The van der Waals surface area contributed by atoms with Crippen molar-refractivity contribution in [2.75, 3.05) is 13.1 Å². The second-order valence-electron chi connectivity index (χ2n) is 7.49. The number of pyridine rings is 1. The molecule has 1 saturated heterocycles. The van der Waals surface area contributed by atoms with Gasteiger partial charge in [-0.15, -0.1) is 0 Å². The van der Waals surface area contributed by atoms with Gasteiger partial charge in [-0.25, -0.2) is 13.4 Å². The molecule has 0 aliphatic carbocycles. The zero-order chi connectivity index (χ0) is 20.8. The van der Waals surface area contributed by atoms with Crippen molar-refractivity contribution >= 4 is 21.1 Å². The Kier molecular flexibility index (Phi) is 4.41. The molecule has 0 radical (unpaired) electrons. The van der Waals surface area contributed by atoms with Crippen LogP contribution in [0.25, 0.3) is 22.2 Å². The van der Waals surface area contributed by atoms with Crippen molar-refractivity contribution < 1.29 is 8.42 Å². The Morgan fingerprint density at radius 1 is 1.31 bits per heavy atom. The lowest BCUT2D eigenvalue weighted by Gasteiger charge is -2.48. The third kappa shape index (κ3) is 2.89. The fraction of sp³-hybridized carbons (Fsp3) is 0.368. The average molecular weight is 409 g/mol. The van der Waals surface area contributed by atoms with Crippen molar-refractivity contribution in [1.29, 1.82) is 10.5 Å². The number of hydrogen-bond donors (Lipinski definition) is 1. The molecule has 0 aromatic carbocycles. The zero-order valence-corrected chi connectivity index (χ0v) is 16.8. The highest BCUT2D eigenvalue weighted by atomic mass is 32.2. The standard InChI is InChI=1S/C19H19N7O2S/c1-13(2)29(27,28)25-11-19(12-25,4-5-20)26-10-15(9-24-26)17-14(7-21)8-23-18-16(17)3-6-22-18/h3,6,8-10,13H,4,11-12H2,1-2H3,(H,22,23). The number of H-pyrrole nitrogens is 1. The van der Waals surface area contributed by atoms with Crippen LogP contribution in [0.2, 0.25) is 0 Å². The van der Waals surface area contributed by atoms with Gasteiger partial charge < -0.3 is 4.98 Å². The molecule has 1 aliphatic rings. The molecule has 1 N–H and O–H groups in total. The first-order chi connectivity index (χ1) is 13.8. The van der Waals surface area contributed by atoms with Gasteiger partial charge in [0.05, 0.1) is 29.5 Å². The van der Waals surface area contributed by atoms with Gasteiger partial charge in [-0.05, 0) is 19.9 Å². The summed E-state index contributed by atoms with van der Waals surface area (Å²) in [6.45, 7) is 3.67. The van der Waals surface area contributed by atoms with Crippen LogP contribution < -0.4 is 0 Å². The minimum absolute atomic E-state index is 0.138. The van der Waals surface area contributed by atoms with E-state index in [1.54, 1.807) is 37.1 Å². The van der Waals surface area contributed by atoms with E-state index < -0.39 is 20.8 Å². The highest BCUT2D eigenvalue weighted by molar-refractivity contribution is 7.89. The summed E-state index contributed by atoms with van der Waals surface area (Å²) < 4.78 is 27.9. The van der Waals surface area contributed by atoms with Gasteiger partial charge >= 0.3 is 0 Å². The minimum atomic E-state index is -3.39. The molecule has 0 saturated carbocycles. The van der Waals surface area contributed by atoms with Crippen LogP contribution in [0.15, 0.2) is 30.9 Å². The summed E-state index contributed by atoms with van der Waals surface area (Å²) in [5.41, 5.74) is 1.80. The van der Waals surface area contributed by atoms with Gasteiger partial charge in [-0.2, -0.15) is 19.9 Å². The summed E-state index contributed by atoms with van der Waals surface area (Å²) in [5, 5.41) is 23.6. The van der Waals surface area contributed by atoms with Gasteiger partial charge in [0.1, 0.15) is 17.3 Å². The molecule has 0 unspecified atom stereocenters. The maximum Gasteiger partial charge on any atom is 0.216 e. The number of fused-ring (bicyclic) bond motifs is 1. The van der Waals surface area contributed by atoms with E-state index in [0.29, 0.717) is 16.8 Å². The molecule has 10 heteroatoms. The number of nitriles is 2. The van der Waals surface area contributed by atoms with Crippen LogP contribution in [0.1, 0.15) is 25.8 Å². The van der Waals surface area contributed by atoms with Gasteiger partial charge in [0.25, 0.3) is 0 Å². The van der Waals surface area contributed by atoms with Crippen LogP contribution in [0.3, 0.4) is 0 Å². The summed E-state index contributed by atoms with van der Waals surface area (Å²) >= 11 is 0. The fourth-order valence-electron chi connectivity index (χ4n) is 3.69. The number of nitrogens with zero attached hydrogens (tertiary/aromatic N) is 6. The molecular weight excluding hydrogens is 390 g/mol. The number of rotatable bonds is 5. The van der Waals surface area contributed by atoms with Gasteiger partial charge in [0.2, 0.25) is 10.0 Å². The van der Waals surface area contributed by atoms with Crippen LogP contribution in [0, 0.1) is 22.7 Å². The van der Waals surface area contributed by atoms with Gasteiger partial charge in [-0.1, -0.05) is 0 Å². The largest absolute Gasteiger partial charge is 0.346 e. The quantitative estimate of drug-likeness (QED) is 0.685. The Morgan fingerprint density at radius 3 is 2.72 bits per heavy atom. The topological polar surface area (TPSA) is 131 Å². The van der Waals surface area contributed by atoms with E-state index in [4.69, 9.17) is 0 Å². The zero-order valence-electron chi connectivity index (χ0n) is 16.0. The molecule has 9 nitrogen and oxygen atoms in total. The highest BCUT2D eigenvalue weighted by Gasteiger charge is 2.50. The summed E-state index contributed by atoms with van der Waals surface area (Å²) in [7, 11) is -3.39. The van der Waals surface area contributed by atoms with Crippen molar-refractivity contribution in [3.8, 4) is 23.3 Å². The van der Waals surface area contributed by atoms with Crippen LogP contribution in [0.5, 0.6) is 0 Å². The molecule has 4 heterocycles. The normalized spacial score (nSPS) is 16.4. The lowest BCUT2D eigenvalue weighted by Crippen LogP contribution is -2.65. The number of aromatic nitrogens is 4. The highest BCUT2D eigenvalue weighted by Crippen LogP contribution is 2.37. The van der Waals surface area contributed by atoms with Crippen LogP contribution in [-0.2, 0) is 15.6 Å². The Labute approximate surface area is 168 Å². The molecule has 0 bridgehead atoms. The SMILES string of the molecule is CC(C)S(=O)(=O)N1CC(CC#N)(n2cc(-c3c(C#N)cnc4[nH]ccc34)cn2)C1. The lowest BCUT2D eigenvalue weighted by atomic mass is 9.89. The van der Waals surface area contributed by atoms with E-state index in [1.165, 1.54) is 10.5 Å².